The van der Waals surface area contributed by atoms with Crippen LogP contribution < -0.4 is 5.73 Å². The molecule has 6 nitrogen and oxygen atoms in total. The largest absolute Gasteiger partial charge is 0.387 e. The van der Waals surface area contributed by atoms with Crippen molar-refractivity contribution >= 4 is 17.7 Å². The van der Waals surface area contributed by atoms with Gasteiger partial charge < -0.3 is 25.8 Å². The van der Waals surface area contributed by atoms with Crippen LogP contribution in [0, 0.1) is 5.92 Å². The fourth-order valence-corrected chi connectivity index (χ4v) is 2.57. The number of hydrogen-bond donors (Lipinski definition) is 4. The molecule has 0 aromatic rings. The van der Waals surface area contributed by atoms with Crippen molar-refractivity contribution in [3.8, 4) is 0 Å². The minimum atomic E-state index is -2.26. The number of nitrogens with two attached hydrogens (primary N) is 1. The molecule has 1 heterocycles. The number of thioether (sulfide) groups is 1. The summed E-state index contributed by atoms with van der Waals surface area (Å²) in [6.45, 7) is 1.67. The molecule has 0 saturated carbocycles. The molecule has 5 N–H and O–H groups in total. The molecule has 1 saturated heterocycles. The van der Waals surface area contributed by atoms with Gasteiger partial charge in [0, 0.05) is 12.3 Å². The summed E-state index contributed by atoms with van der Waals surface area (Å²) in [6.07, 6.45) is 0.385. The van der Waals surface area contributed by atoms with Gasteiger partial charge in [0.2, 0.25) is 11.7 Å². The lowest BCUT2D eigenvalue weighted by Gasteiger charge is -2.42. The van der Waals surface area contributed by atoms with E-state index in [0.717, 1.165) is 11.8 Å². The van der Waals surface area contributed by atoms with Crippen molar-refractivity contribution in [1.29, 1.82) is 0 Å². The van der Waals surface area contributed by atoms with Crippen molar-refractivity contribution in [3.05, 3.63) is 0 Å². The van der Waals surface area contributed by atoms with E-state index in [1.54, 1.807) is 13.2 Å². The van der Waals surface area contributed by atoms with Crippen molar-refractivity contribution in [3.63, 3.8) is 0 Å². The Labute approximate surface area is 104 Å². The second-order valence-electron chi connectivity index (χ2n) is 4.40. The van der Waals surface area contributed by atoms with E-state index in [1.807, 2.05) is 0 Å². The van der Waals surface area contributed by atoms with Crippen LogP contribution in [0.2, 0.25) is 0 Å². The number of amides is 1. The first-order valence-electron chi connectivity index (χ1n) is 5.39. The number of aliphatic hydroxyl groups excluding tert-OH is 1. The summed E-state index contributed by atoms with van der Waals surface area (Å²) in [5.74, 6) is -3.07. The summed E-state index contributed by atoms with van der Waals surface area (Å²) < 4.78 is 5.44. The number of carbonyl (C=O) groups is 1. The fourth-order valence-electron chi connectivity index (χ4n) is 1.80. The summed E-state index contributed by atoms with van der Waals surface area (Å²) >= 11 is 1.10. The van der Waals surface area contributed by atoms with Crippen LogP contribution in [0.15, 0.2) is 0 Å². The molecule has 0 aromatic carbocycles. The maximum Gasteiger partial charge on any atom is 0.226 e. The molecular formula is C10H19NO5S. The Morgan fingerprint density at radius 1 is 1.65 bits per heavy atom. The lowest BCUT2D eigenvalue weighted by molar-refractivity contribution is -0.299. The second kappa shape index (κ2) is 5.53. The maximum atomic E-state index is 10.9. The number of carbonyl (C=O) groups excluding carboxylic acids is 1. The van der Waals surface area contributed by atoms with Crippen LogP contribution in [-0.2, 0) is 9.53 Å². The highest BCUT2D eigenvalue weighted by atomic mass is 32.2. The molecular weight excluding hydrogens is 246 g/mol. The first-order chi connectivity index (χ1) is 7.78. The topological polar surface area (TPSA) is 113 Å². The molecule has 0 aliphatic carbocycles. The van der Waals surface area contributed by atoms with Crippen molar-refractivity contribution in [2.45, 2.75) is 43.2 Å². The Kier molecular flexibility index (Phi) is 4.79. The highest BCUT2D eigenvalue weighted by Gasteiger charge is 2.48. The molecule has 4 unspecified atom stereocenters. The molecule has 0 bridgehead atoms. The SMILES string of the molecule is CSC1OC(CC(C)C(N)=O)CC(O)C1(O)O. The molecule has 0 radical (unpaired) electrons. The van der Waals surface area contributed by atoms with E-state index in [0.29, 0.717) is 6.42 Å². The van der Waals surface area contributed by atoms with Gasteiger partial charge in [0.25, 0.3) is 0 Å². The molecule has 0 spiro atoms. The number of primary amides is 1. The molecule has 0 aromatic heterocycles. The molecule has 1 fully saturated rings. The Hall–Kier alpha value is -0.340. The van der Waals surface area contributed by atoms with Crippen molar-refractivity contribution in [1.82, 2.24) is 0 Å². The first kappa shape index (κ1) is 14.7. The molecule has 17 heavy (non-hydrogen) atoms. The van der Waals surface area contributed by atoms with E-state index < -0.39 is 29.3 Å². The predicted octanol–water partition coefficient (Wildman–Crippen LogP) is -0.982. The van der Waals surface area contributed by atoms with Crippen LogP contribution in [0.25, 0.3) is 0 Å². The highest BCUT2D eigenvalue weighted by Crippen LogP contribution is 2.34. The standard InChI is InChI=1S/C10H19NO5S/c1-5(8(11)13)3-6-4-7(12)10(14,15)9(16-6)17-2/h5-7,9,12,14-15H,3-4H2,1-2H3,(H2,11,13). The summed E-state index contributed by atoms with van der Waals surface area (Å²) in [4.78, 5) is 10.9. The van der Waals surface area contributed by atoms with E-state index >= 15 is 0 Å². The van der Waals surface area contributed by atoms with Crippen LogP contribution in [0.4, 0.5) is 0 Å². The van der Waals surface area contributed by atoms with Crippen LogP contribution in [0.1, 0.15) is 19.8 Å². The van der Waals surface area contributed by atoms with Crippen LogP contribution >= 0.6 is 11.8 Å². The molecule has 1 amide bonds. The average molecular weight is 265 g/mol. The third kappa shape index (κ3) is 3.32. The highest BCUT2D eigenvalue weighted by molar-refractivity contribution is 7.99. The van der Waals surface area contributed by atoms with Gasteiger partial charge in [-0.1, -0.05) is 6.92 Å². The van der Waals surface area contributed by atoms with Gasteiger partial charge in [-0.25, -0.2) is 0 Å². The lowest BCUT2D eigenvalue weighted by Crippen LogP contribution is -2.58. The lowest BCUT2D eigenvalue weighted by atomic mass is 9.93. The molecule has 1 rings (SSSR count). The minimum absolute atomic E-state index is 0.0711. The third-order valence-corrected chi connectivity index (χ3v) is 3.84. The van der Waals surface area contributed by atoms with E-state index in [-0.39, 0.29) is 12.3 Å². The normalized spacial score (nSPS) is 34.3. The van der Waals surface area contributed by atoms with Crippen molar-refractivity contribution < 1.29 is 24.9 Å². The maximum absolute atomic E-state index is 10.9. The number of ether oxygens (including phenoxy) is 1. The van der Waals surface area contributed by atoms with Gasteiger partial charge in [-0.3, -0.25) is 4.79 Å². The molecule has 4 atom stereocenters. The number of aliphatic hydroxyl groups is 3. The van der Waals surface area contributed by atoms with E-state index in [4.69, 9.17) is 10.5 Å². The quantitative estimate of drug-likeness (QED) is 0.486. The van der Waals surface area contributed by atoms with Gasteiger partial charge in [0.05, 0.1) is 6.10 Å². The van der Waals surface area contributed by atoms with Gasteiger partial charge in [0.1, 0.15) is 6.10 Å². The summed E-state index contributed by atoms with van der Waals surface area (Å²) in [5, 5.41) is 28.9. The average Bonchev–Trinajstić information content (AvgIpc) is 2.23. The molecule has 1 aliphatic rings. The van der Waals surface area contributed by atoms with Crippen LogP contribution in [-0.4, -0.2) is 50.9 Å². The predicted molar refractivity (Wildman–Crippen MR) is 62.9 cm³/mol. The zero-order valence-corrected chi connectivity index (χ0v) is 10.7. The fraction of sp³-hybridized carbons (Fsp3) is 0.900. The van der Waals surface area contributed by atoms with Crippen LogP contribution in [0.5, 0.6) is 0 Å². The first-order valence-corrected chi connectivity index (χ1v) is 6.68. The van der Waals surface area contributed by atoms with Gasteiger partial charge >= 0.3 is 0 Å². The Morgan fingerprint density at radius 2 is 2.24 bits per heavy atom. The van der Waals surface area contributed by atoms with Crippen molar-refractivity contribution in [2.24, 2.45) is 11.7 Å². The van der Waals surface area contributed by atoms with E-state index in [9.17, 15) is 20.1 Å². The van der Waals surface area contributed by atoms with Gasteiger partial charge in [0.15, 0.2) is 5.44 Å². The molecule has 1 aliphatic heterocycles. The number of hydrogen-bond acceptors (Lipinski definition) is 6. The second-order valence-corrected chi connectivity index (χ2v) is 5.30. The number of rotatable bonds is 4. The Bertz CT molecular complexity index is 286. The molecule has 100 valence electrons. The minimum Gasteiger partial charge on any atom is -0.387 e. The van der Waals surface area contributed by atoms with Gasteiger partial charge in [-0.15, -0.1) is 11.8 Å². The summed E-state index contributed by atoms with van der Waals surface area (Å²) in [5.41, 5.74) is 4.21. The van der Waals surface area contributed by atoms with Crippen LogP contribution in [0.3, 0.4) is 0 Å². The smallest absolute Gasteiger partial charge is 0.226 e. The zero-order chi connectivity index (χ0) is 13.2. The Morgan fingerprint density at radius 3 is 2.71 bits per heavy atom. The Balaban J connectivity index is 2.65. The monoisotopic (exact) mass is 265 g/mol. The zero-order valence-electron chi connectivity index (χ0n) is 9.87. The summed E-state index contributed by atoms with van der Waals surface area (Å²) in [7, 11) is 0. The molecule has 7 heteroatoms. The summed E-state index contributed by atoms with van der Waals surface area (Å²) in [6, 6.07) is 0. The third-order valence-electron chi connectivity index (χ3n) is 2.96. The van der Waals surface area contributed by atoms with Crippen molar-refractivity contribution in [2.75, 3.05) is 6.26 Å². The van der Waals surface area contributed by atoms with Gasteiger partial charge in [-0.2, -0.15) is 0 Å². The van der Waals surface area contributed by atoms with E-state index in [1.165, 1.54) is 0 Å². The van der Waals surface area contributed by atoms with Gasteiger partial charge in [-0.05, 0) is 12.7 Å². The van der Waals surface area contributed by atoms with E-state index in [2.05, 4.69) is 0 Å².